The summed E-state index contributed by atoms with van der Waals surface area (Å²) in [6.07, 6.45) is 0. The molecule has 2 aromatic rings. The van der Waals surface area contributed by atoms with Crippen LogP contribution in [0.3, 0.4) is 0 Å². The number of ether oxygens (including phenoxy) is 3. The maximum Gasteiger partial charge on any atom is 0.131 e. The Labute approximate surface area is 125 Å². The second-order valence-electron chi connectivity index (χ2n) is 4.46. The van der Waals surface area contributed by atoms with Crippen LogP contribution in [-0.2, 0) is 6.54 Å². The van der Waals surface area contributed by atoms with E-state index >= 15 is 0 Å². The molecule has 0 bridgehead atoms. The van der Waals surface area contributed by atoms with Crippen molar-refractivity contribution in [2.24, 2.45) is 0 Å². The molecule has 2 aromatic carbocycles. The van der Waals surface area contributed by atoms with Crippen molar-refractivity contribution in [2.45, 2.75) is 13.5 Å². The summed E-state index contributed by atoms with van der Waals surface area (Å²) in [5.74, 6) is 2.25. The maximum atomic E-state index is 5.53. The summed E-state index contributed by atoms with van der Waals surface area (Å²) in [5, 5.41) is 3.36. The van der Waals surface area contributed by atoms with Crippen LogP contribution < -0.4 is 19.5 Å². The first kappa shape index (κ1) is 15.0. The quantitative estimate of drug-likeness (QED) is 0.842. The lowest BCUT2D eigenvalue weighted by molar-refractivity contribution is 0.329. The van der Waals surface area contributed by atoms with Crippen molar-refractivity contribution in [3.05, 3.63) is 48.0 Å². The minimum absolute atomic E-state index is 0.605. The average Bonchev–Trinajstić information content (AvgIpc) is 2.54. The summed E-state index contributed by atoms with van der Waals surface area (Å²) >= 11 is 0. The number of anilines is 1. The largest absolute Gasteiger partial charge is 0.496 e. The van der Waals surface area contributed by atoms with Crippen molar-refractivity contribution in [3.63, 3.8) is 0 Å². The van der Waals surface area contributed by atoms with Gasteiger partial charge in [-0.1, -0.05) is 18.2 Å². The molecule has 2 rings (SSSR count). The third-order valence-electron chi connectivity index (χ3n) is 3.14. The van der Waals surface area contributed by atoms with Gasteiger partial charge in [-0.25, -0.2) is 0 Å². The molecular weight excluding hydrogens is 266 g/mol. The first-order chi connectivity index (χ1) is 10.3. The Bertz CT molecular complexity index is 544. The van der Waals surface area contributed by atoms with Crippen LogP contribution in [0, 0.1) is 0 Å². The molecule has 0 heterocycles. The van der Waals surface area contributed by atoms with E-state index < -0.39 is 0 Å². The Morgan fingerprint density at radius 2 is 1.57 bits per heavy atom. The topological polar surface area (TPSA) is 39.7 Å². The first-order valence-corrected chi connectivity index (χ1v) is 6.95. The second kappa shape index (κ2) is 7.43. The fourth-order valence-corrected chi connectivity index (χ4v) is 2.13. The van der Waals surface area contributed by atoms with Crippen LogP contribution >= 0.6 is 0 Å². The van der Waals surface area contributed by atoms with Crippen molar-refractivity contribution in [1.29, 1.82) is 0 Å². The van der Waals surface area contributed by atoms with Crippen LogP contribution in [0.4, 0.5) is 5.69 Å². The zero-order chi connectivity index (χ0) is 15.1. The smallest absolute Gasteiger partial charge is 0.131 e. The van der Waals surface area contributed by atoms with E-state index in [1.807, 2.05) is 49.4 Å². The van der Waals surface area contributed by atoms with E-state index in [1.165, 1.54) is 0 Å². The van der Waals surface area contributed by atoms with E-state index in [9.17, 15) is 0 Å². The molecule has 0 aliphatic carbocycles. The predicted molar refractivity (Wildman–Crippen MR) is 84.5 cm³/mol. The molecule has 0 aliphatic rings. The SMILES string of the molecule is CCOc1cc(OC)c(CNc2ccccc2)c(OC)c1. The Hall–Kier alpha value is -2.36. The summed E-state index contributed by atoms with van der Waals surface area (Å²) in [7, 11) is 3.30. The normalized spacial score (nSPS) is 10.0. The van der Waals surface area contributed by atoms with Crippen molar-refractivity contribution >= 4 is 5.69 Å². The molecule has 0 saturated heterocycles. The Kier molecular flexibility index (Phi) is 5.32. The number of hydrogen-bond donors (Lipinski definition) is 1. The van der Waals surface area contributed by atoms with Crippen molar-refractivity contribution < 1.29 is 14.2 Å². The molecular formula is C17H21NO3. The fraction of sp³-hybridized carbons (Fsp3) is 0.294. The lowest BCUT2D eigenvalue weighted by Gasteiger charge is -2.16. The number of para-hydroxylation sites is 1. The van der Waals surface area contributed by atoms with E-state index in [0.29, 0.717) is 13.2 Å². The van der Waals surface area contributed by atoms with Gasteiger partial charge in [0, 0.05) is 24.4 Å². The highest BCUT2D eigenvalue weighted by Crippen LogP contribution is 2.34. The summed E-state index contributed by atoms with van der Waals surface area (Å²) in [6, 6.07) is 13.8. The van der Waals surface area contributed by atoms with Gasteiger partial charge in [-0.3, -0.25) is 0 Å². The number of methoxy groups -OCH3 is 2. The third-order valence-corrected chi connectivity index (χ3v) is 3.14. The van der Waals surface area contributed by atoms with Crippen LogP contribution in [0.1, 0.15) is 12.5 Å². The van der Waals surface area contributed by atoms with Crippen molar-refractivity contribution in [2.75, 3.05) is 26.1 Å². The van der Waals surface area contributed by atoms with Gasteiger partial charge in [0.1, 0.15) is 17.2 Å². The predicted octanol–water partition coefficient (Wildman–Crippen LogP) is 3.71. The van der Waals surface area contributed by atoms with Gasteiger partial charge in [-0.05, 0) is 19.1 Å². The Morgan fingerprint density at radius 3 is 2.10 bits per heavy atom. The van der Waals surface area contributed by atoms with E-state index in [4.69, 9.17) is 14.2 Å². The summed E-state index contributed by atoms with van der Waals surface area (Å²) in [6.45, 7) is 3.17. The molecule has 0 unspecified atom stereocenters. The molecule has 0 atom stereocenters. The maximum absolute atomic E-state index is 5.53. The standard InChI is InChI=1S/C17H21NO3/c1-4-21-14-10-16(19-2)15(17(11-14)20-3)12-18-13-8-6-5-7-9-13/h5-11,18H,4,12H2,1-3H3. The Balaban J connectivity index is 2.24. The molecule has 1 N–H and O–H groups in total. The highest BCUT2D eigenvalue weighted by atomic mass is 16.5. The number of hydrogen-bond acceptors (Lipinski definition) is 4. The molecule has 0 aromatic heterocycles. The van der Waals surface area contributed by atoms with E-state index in [1.54, 1.807) is 14.2 Å². The monoisotopic (exact) mass is 287 g/mol. The summed E-state index contributed by atoms with van der Waals surface area (Å²) in [4.78, 5) is 0. The molecule has 0 fully saturated rings. The zero-order valence-electron chi connectivity index (χ0n) is 12.7. The molecule has 4 nitrogen and oxygen atoms in total. The zero-order valence-corrected chi connectivity index (χ0v) is 12.7. The van der Waals surface area contributed by atoms with Crippen LogP contribution in [0.2, 0.25) is 0 Å². The molecule has 0 radical (unpaired) electrons. The van der Waals surface area contributed by atoms with Gasteiger partial charge in [0.25, 0.3) is 0 Å². The molecule has 0 amide bonds. The van der Waals surface area contributed by atoms with Crippen LogP contribution in [0.15, 0.2) is 42.5 Å². The van der Waals surface area contributed by atoms with Gasteiger partial charge in [0.2, 0.25) is 0 Å². The van der Waals surface area contributed by atoms with E-state index in [2.05, 4.69) is 5.32 Å². The van der Waals surface area contributed by atoms with Gasteiger partial charge in [0.15, 0.2) is 0 Å². The first-order valence-electron chi connectivity index (χ1n) is 6.95. The van der Waals surface area contributed by atoms with Crippen LogP contribution in [0.25, 0.3) is 0 Å². The molecule has 112 valence electrons. The fourth-order valence-electron chi connectivity index (χ4n) is 2.13. The minimum atomic E-state index is 0.605. The second-order valence-corrected chi connectivity index (χ2v) is 4.46. The molecule has 4 heteroatoms. The van der Waals surface area contributed by atoms with Crippen molar-refractivity contribution in [1.82, 2.24) is 0 Å². The van der Waals surface area contributed by atoms with Gasteiger partial charge >= 0.3 is 0 Å². The van der Waals surface area contributed by atoms with Crippen LogP contribution in [0.5, 0.6) is 17.2 Å². The Morgan fingerprint density at radius 1 is 0.952 bits per heavy atom. The lowest BCUT2D eigenvalue weighted by atomic mass is 10.1. The summed E-state index contributed by atoms with van der Waals surface area (Å²) < 4.78 is 16.5. The third kappa shape index (κ3) is 3.81. The summed E-state index contributed by atoms with van der Waals surface area (Å²) in [5.41, 5.74) is 2.02. The van der Waals surface area contributed by atoms with E-state index in [-0.39, 0.29) is 0 Å². The lowest BCUT2D eigenvalue weighted by Crippen LogP contribution is -2.05. The highest BCUT2D eigenvalue weighted by molar-refractivity contribution is 5.53. The highest BCUT2D eigenvalue weighted by Gasteiger charge is 2.13. The molecule has 0 aliphatic heterocycles. The molecule has 0 spiro atoms. The van der Waals surface area contributed by atoms with Crippen molar-refractivity contribution in [3.8, 4) is 17.2 Å². The van der Waals surface area contributed by atoms with Gasteiger partial charge in [-0.2, -0.15) is 0 Å². The molecule has 21 heavy (non-hydrogen) atoms. The average molecular weight is 287 g/mol. The molecule has 0 saturated carbocycles. The van der Waals surface area contributed by atoms with Gasteiger partial charge < -0.3 is 19.5 Å². The number of nitrogens with one attached hydrogen (secondary N) is 1. The van der Waals surface area contributed by atoms with Gasteiger partial charge in [-0.15, -0.1) is 0 Å². The van der Waals surface area contributed by atoms with E-state index in [0.717, 1.165) is 28.5 Å². The minimum Gasteiger partial charge on any atom is -0.496 e. The number of benzene rings is 2. The number of rotatable bonds is 7. The van der Waals surface area contributed by atoms with Crippen LogP contribution in [-0.4, -0.2) is 20.8 Å². The van der Waals surface area contributed by atoms with Gasteiger partial charge in [0.05, 0.1) is 26.4 Å².